The fourth-order valence-corrected chi connectivity index (χ4v) is 5.44. The molecule has 1 fully saturated rings. The maximum atomic E-state index is 6.20. The number of nitrogens with zero attached hydrogens (tertiary/aromatic N) is 3. The van der Waals surface area contributed by atoms with Crippen LogP contribution in [0.5, 0.6) is 0 Å². The third-order valence-electron chi connectivity index (χ3n) is 4.54. The smallest absolute Gasteiger partial charge is 0.118 e. The van der Waals surface area contributed by atoms with Crippen LogP contribution < -0.4 is 15.5 Å². The summed E-state index contributed by atoms with van der Waals surface area (Å²) < 4.78 is 0. The van der Waals surface area contributed by atoms with Crippen molar-refractivity contribution >= 4 is 34.5 Å². The number of rotatable bonds is 3. The van der Waals surface area contributed by atoms with Crippen LogP contribution in [-0.2, 0) is 0 Å². The summed E-state index contributed by atoms with van der Waals surface area (Å²) in [7, 11) is 0. The molecule has 2 atom stereocenters. The normalized spacial score (nSPS) is 23.9. The van der Waals surface area contributed by atoms with Gasteiger partial charge in [-0.2, -0.15) is 0 Å². The van der Waals surface area contributed by atoms with Crippen molar-refractivity contribution in [2.75, 3.05) is 22.9 Å². The minimum absolute atomic E-state index is 0.263. The van der Waals surface area contributed by atoms with Gasteiger partial charge in [-0.15, -0.1) is 23.1 Å². The molecule has 2 N–H and O–H groups in total. The Morgan fingerprint density at radius 1 is 1.25 bits per heavy atom. The average molecular weight is 359 g/mol. The van der Waals surface area contributed by atoms with Gasteiger partial charge in [-0.3, -0.25) is 4.98 Å². The maximum absolute atomic E-state index is 6.20. The molecule has 2 aromatic rings. The number of hydrogen-bond acceptors (Lipinski definition) is 6. The van der Waals surface area contributed by atoms with Crippen LogP contribution >= 0.6 is 23.1 Å². The van der Waals surface area contributed by atoms with E-state index in [0.29, 0.717) is 5.37 Å². The molecule has 0 spiro atoms. The molecule has 2 aromatic heterocycles. The molecule has 4 heterocycles. The predicted molar refractivity (Wildman–Crippen MR) is 105 cm³/mol. The third kappa shape index (κ3) is 3.06. The zero-order valence-electron chi connectivity index (χ0n) is 13.8. The van der Waals surface area contributed by atoms with Gasteiger partial charge < -0.3 is 15.5 Å². The summed E-state index contributed by atoms with van der Waals surface area (Å²) in [5, 5.41) is 2.48. The van der Waals surface area contributed by atoms with Crippen molar-refractivity contribution in [1.29, 1.82) is 0 Å². The van der Waals surface area contributed by atoms with Gasteiger partial charge in [0.25, 0.3) is 0 Å². The van der Waals surface area contributed by atoms with Crippen molar-refractivity contribution < 1.29 is 0 Å². The molecule has 2 aliphatic heterocycles. The second-order valence-electron chi connectivity index (χ2n) is 6.34. The third-order valence-corrected chi connectivity index (χ3v) is 6.76. The van der Waals surface area contributed by atoms with E-state index in [1.165, 1.54) is 21.1 Å². The number of thioether (sulfide) groups is 1. The van der Waals surface area contributed by atoms with Crippen molar-refractivity contribution in [3.05, 3.63) is 52.0 Å². The Morgan fingerprint density at radius 3 is 2.96 bits per heavy atom. The molecule has 0 aromatic carbocycles. The van der Waals surface area contributed by atoms with Crippen molar-refractivity contribution in [3.63, 3.8) is 0 Å². The molecule has 24 heavy (non-hydrogen) atoms. The quantitative estimate of drug-likeness (QED) is 0.895. The number of pyridine rings is 1. The van der Waals surface area contributed by atoms with Crippen LogP contribution in [0.15, 0.2) is 42.2 Å². The van der Waals surface area contributed by atoms with Crippen LogP contribution in [-0.4, -0.2) is 24.1 Å². The number of thiophene rings is 1. The highest BCUT2D eigenvalue weighted by molar-refractivity contribution is 8.02. The lowest BCUT2D eigenvalue weighted by Gasteiger charge is -2.36. The van der Waals surface area contributed by atoms with Gasteiger partial charge in [0.2, 0.25) is 0 Å². The first-order valence-electron chi connectivity index (χ1n) is 8.34. The average Bonchev–Trinajstić information content (AvgIpc) is 3.23. The van der Waals surface area contributed by atoms with Gasteiger partial charge in [0.05, 0.1) is 17.6 Å². The van der Waals surface area contributed by atoms with E-state index in [1.54, 1.807) is 0 Å². The Labute approximate surface area is 151 Å². The van der Waals surface area contributed by atoms with Gasteiger partial charge in [-0.1, -0.05) is 0 Å². The van der Waals surface area contributed by atoms with Gasteiger partial charge in [-0.05, 0) is 43.4 Å². The predicted octanol–water partition coefficient (Wildman–Crippen LogP) is 4.10. The van der Waals surface area contributed by atoms with Crippen LogP contribution in [0.1, 0.15) is 28.0 Å². The lowest BCUT2D eigenvalue weighted by atomic mass is 10.1. The van der Waals surface area contributed by atoms with Crippen LogP contribution in [0.2, 0.25) is 0 Å². The van der Waals surface area contributed by atoms with E-state index in [4.69, 9.17) is 5.73 Å². The summed E-state index contributed by atoms with van der Waals surface area (Å²) in [6, 6.07) is 6.83. The van der Waals surface area contributed by atoms with E-state index < -0.39 is 0 Å². The summed E-state index contributed by atoms with van der Waals surface area (Å²) in [4.78, 5) is 11.9. The maximum Gasteiger partial charge on any atom is 0.118 e. The lowest BCUT2D eigenvalue weighted by molar-refractivity contribution is 0.506. The highest BCUT2D eigenvalue weighted by Gasteiger charge is 2.28. The zero-order chi connectivity index (χ0) is 16.5. The minimum Gasteiger partial charge on any atom is -0.368 e. The summed E-state index contributed by atoms with van der Waals surface area (Å²) in [6.07, 6.45) is 8.32. The summed E-state index contributed by atoms with van der Waals surface area (Å²) in [5.41, 5.74) is 8.61. The fourth-order valence-electron chi connectivity index (χ4n) is 3.39. The topological polar surface area (TPSA) is 45.4 Å². The molecule has 4 nitrogen and oxygen atoms in total. The molecule has 6 heteroatoms. The number of piperidine rings is 1. The highest BCUT2D eigenvalue weighted by Crippen LogP contribution is 2.46. The fraction of sp³-hybridized carbons (Fsp3) is 0.389. The number of aryl methyl sites for hydroxylation is 1. The first-order chi connectivity index (χ1) is 11.7. The first kappa shape index (κ1) is 16.0. The molecule has 0 radical (unpaired) electrons. The van der Waals surface area contributed by atoms with Gasteiger partial charge >= 0.3 is 0 Å². The SMILES string of the molecule is Cc1ccc(C2SC=CN2c2cnccc2N2CCCC(N)C2)s1. The second kappa shape index (κ2) is 6.78. The molecule has 126 valence electrons. The van der Waals surface area contributed by atoms with Crippen LogP contribution in [0, 0.1) is 6.92 Å². The Balaban J connectivity index is 1.67. The van der Waals surface area contributed by atoms with E-state index in [9.17, 15) is 0 Å². The van der Waals surface area contributed by atoms with Gasteiger partial charge in [0, 0.05) is 41.3 Å². The number of hydrogen-bond donors (Lipinski definition) is 1. The Hall–Kier alpha value is -1.50. The van der Waals surface area contributed by atoms with Crippen molar-refractivity contribution in [2.24, 2.45) is 5.73 Å². The monoisotopic (exact) mass is 358 g/mol. The van der Waals surface area contributed by atoms with Gasteiger partial charge in [0.1, 0.15) is 5.37 Å². The molecule has 0 saturated carbocycles. The molecule has 2 unspecified atom stereocenters. The largest absolute Gasteiger partial charge is 0.368 e. The summed E-state index contributed by atoms with van der Waals surface area (Å²) in [6.45, 7) is 4.15. The molecule has 0 bridgehead atoms. The molecule has 2 aliphatic rings. The Morgan fingerprint density at radius 2 is 2.17 bits per heavy atom. The lowest BCUT2D eigenvalue weighted by Crippen LogP contribution is -2.43. The van der Waals surface area contributed by atoms with Gasteiger partial charge in [0.15, 0.2) is 0 Å². The molecular weight excluding hydrogens is 336 g/mol. The van der Waals surface area contributed by atoms with Crippen LogP contribution in [0.3, 0.4) is 0 Å². The zero-order valence-corrected chi connectivity index (χ0v) is 15.4. The van der Waals surface area contributed by atoms with Crippen molar-refractivity contribution in [1.82, 2.24) is 4.98 Å². The van der Waals surface area contributed by atoms with Crippen molar-refractivity contribution in [3.8, 4) is 0 Å². The molecule has 1 saturated heterocycles. The Kier molecular flexibility index (Phi) is 4.52. The van der Waals surface area contributed by atoms with Crippen LogP contribution in [0.25, 0.3) is 0 Å². The van der Waals surface area contributed by atoms with E-state index in [1.807, 2.05) is 35.5 Å². The number of aromatic nitrogens is 1. The number of anilines is 2. The highest BCUT2D eigenvalue weighted by atomic mass is 32.2. The number of nitrogens with two attached hydrogens (primary N) is 1. The van der Waals surface area contributed by atoms with Crippen molar-refractivity contribution in [2.45, 2.75) is 31.2 Å². The molecule has 0 amide bonds. The molecule has 4 rings (SSSR count). The minimum atomic E-state index is 0.263. The summed E-state index contributed by atoms with van der Waals surface area (Å²) in [5.74, 6) is 0. The Bertz CT molecular complexity index is 742. The van der Waals surface area contributed by atoms with Gasteiger partial charge in [-0.25, -0.2) is 0 Å². The molecular formula is C18H22N4S2. The summed E-state index contributed by atoms with van der Waals surface area (Å²) >= 11 is 3.72. The van der Waals surface area contributed by atoms with Crippen LogP contribution in [0.4, 0.5) is 11.4 Å². The van der Waals surface area contributed by atoms with E-state index in [0.717, 1.165) is 25.9 Å². The standard InChI is InChI=1S/C18H22N4S2/c1-13-4-5-17(24-13)18-22(9-10-23-18)16-11-20-7-6-15(16)21-8-2-3-14(19)12-21/h4-7,9-11,14,18H,2-3,8,12,19H2,1H3. The van der Waals surface area contributed by atoms with E-state index in [2.05, 4.69) is 51.5 Å². The molecule has 0 aliphatic carbocycles. The first-order valence-corrected chi connectivity index (χ1v) is 10.1. The van der Waals surface area contributed by atoms with E-state index in [-0.39, 0.29) is 6.04 Å². The van der Waals surface area contributed by atoms with E-state index >= 15 is 0 Å². The second-order valence-corrected chi connectivity index (χ2v) is 8.65.